The number of nitrogens with two attached hydrogens (primary N) is 1. The number of methoxy groups -OCH3 is 1. The Labute approximate surface area is 135 Å². The third-order valence-corrected chi connectivity index (χ3v) is 5.70. The van der Waals surface area contributed by atoms with Crippen LogP contribution >= 0.6 is 15.9 Å². The molecule has 0 bridgehead atoms. The third kappa shape index (κ3) is 2.68. The van der Waals surface area contributed by atoms with Crippen LogP contribution in [0.25, 0.3) is 0 Å². The predicted molar refractivity (Wildman–Crippen MR) is 88.1 cm³/mol. The van der Waals surface area contributed by atoms with E-state index in [1.54, 1.807) is 7.11 Å². The van der Waals surface area contributed by atoms with Gasteiger partial charge in [-0.3, -0.25) is 0 Å². The molecule has 0 radical (unpaired) electrons. The van der Waals surface area contributed by atoms with Crippen LogP contribution in [0.1, 0.15) is 51.0 Å². The molecule has 4 heteroatoms. The van der Waals surface area contributed by atoms with Gasteiger partial charge in [-0.15, -0.1) is 0 Å². The van der Waals surface area contributed by atoms with Crippen LogP contribution in [0.3, 0.4) is 0 Å². The molecule has 1 aromatic carbocycles. The van der Waals surface area contributed by atoms with Crippen molar-refractivity contribution in [1.82, 2.24) is 0 Å². The maximum atomic E-state index is 6.38. The second-order valence-electron chi connectivity index (χ2n) is 6.42. The molecule has 0 heterocycles. The highest BCUT2D eigenvalue weighted by atomic mass is 79.9. The van der Waals surface area contributed by atoms with Gasteiger partial charge in [-0.2, -0.15) is 0 Å². The van der Waals surface area contributed by atoms with Gasteiger partial charge in [-0.05, 0) is 57.6 Å². The fourth-order valence-electron chi connectivity index (χ4n) is 3.52. The van der Waals surface area contributed by atoms with E-state index in [4.69, 9.17) is 15.2 Å². The van der Waals surface area contributed by atoms with E-state index in [0.717, 1.165) is 41.7 Å². The summed E-state index contributed by atoms with van der Waals surface area (Å²) < 4.78 is 13.0. The van der Waals surface area contributed by atoms with Crippen molar-refractivity contribution < 1.29 is 9.47 Å². The first-order chi connectivity index (χ1) is 10.1. The lowest BCUT2D eigenvalue weighted by molar-refractivity contribution is 0.196. The van der Waals surface area contributed by atoms with Gasteiger partial charge in [0.2, 0.25) is 0 Å². The van der Waals surface area contributed by atoms with Crippen molar-refractivity contribution in [3.8, 4) is 11.5 Å². The first kappa shape index (κ1) is 15.2. The Bertz CT molecular complexity index is 520. The van der Waals surface area contributed by atoms with Gasteiger partial charge in [0, 0.05) is 21.5 Å². The van der Waals surface area contributed by atoms with E-state index in [0.29, 0.717) is 6.10 Å². The van der Waals surface area contributed by atoms with Gasteiger partial charge in [0.15, 0.2) is 11.5 Å². The van der Waals surface area contributed by atoms with Crippen molar-refractivity contribution in [1.29, 1.82) is 0 Å². The monoisotopic (exact) mass is 353 g/mol. The maximum absolute atomic E-state index is 6.38. The zero-order chi connectivity index (χ0) is 15.0. The average Bonchev–Trinajstić information content (AvgIpc) is 3.10. The highest BCUT2D eigenvalue weighted by molar-refractivity contribution is 9.10. The normalized spacial score (nSPS) is 22.1. The largest absolute Gasteiger partial charge is 0.493 e. The fourth-order valence-corrected chi connectivity index (χ4v) is 4.23. The molecular weight excluding hydrogens is 330 g/mol. The highest BCUT2D eigenvalue weighted by Gasteiger charge is 2.51. The van der Waals surface area contributed by atoms with Gasteiger partial charge in [0.1, 0.15) is 0 Å². The van der Waals surface area contributed by atoms with E-state index in [1.165, 1.54) is 18.4 Å². The summed E-state index contributed by atoms with van der Waals surface area (Å²) >= 11 is 3.71. The molecule has 0 aliphatic heterocycles. The summed E-state index contributed by atoms with van der Waals surface area (Å²) in [4.78, 5) is 0. The Morgan fingerprint density at radius 3 is 2.48 bits per heavy atom. The lowest BCUT2D eigenvalue weighted by atomic mass is 9.88. The molecule has 2 saturated carbocycles. The van der Waals surface area contributed by atoms with Gasteiger partial charge in [0.05, 0.1) is 13.2 Å². The number of hydrogen-bond donors (Lipinski definition) is 1. The summed E-state index contributed by atoms with van der Waals surface area (Å²) in [6.45, 7) is 2.10. The molecule has 0 spiro atoms. The van der Waals surface area contributed by atoms with Crippen LogP contribution in [-0.4, -0.2) is 19.3 Å². The molecular formula is C17H24BrNO2. The number of halogens is 1. The summed E-state index contributed by atoms with van der Waals surface area (Å²) in [7, 11) is 1.71. The fraction of sp³-hybridized carbons (Fsp3) is 0.647. The minimum absolute atomic E-state index is 0.0430. The molecule has 2 N–H and O–H groups in total. The Kier molecular flexibility index (Phi) is 4.19. The van der Waals surface area contributed by atoms with Crippen molar-refractivity contribution in [2.75, 3.05) is 7.11 Å². The van der Waals surface area contributed by atoms with Gasteiger partial charge in [0.25, 0.3) is 0 Å². The number of rotatable bonds is 5. The maximum Gasteiger partial charge on any atom is 0.166 e. The Hall–Kier alpha value is -0.740. The van der Waals surface area contributed by atoms with E-state index in [9.17, 15) is 0 Å². The first-order valence-corrected chi connectivity index (χ1v) is 8.67. The standard InChI is InChI=1S/C17H24BrNO2/c1-11(19)17(9-10-17)15-13(18)7-8-14(20-2)16(15)21-12-5-3-4-6-12/h7-8,11-12H,3-6,9-10,19H2,1-2H3. The Morgan fingerprint density at radius 1 is 1.29 bits per heavy atom. The second kappa shape index (κ2) is 5.81. The topological polar surface area (TPSA) is 44.5 Å². The van der Waals surface area contributed by atoms with Crippen molar-refractivity contribution in [2.24, 2.45) is 5.73 Å². The van der Waals surface area contributed by atoms with Crippen LogP contribution in [0.4, 0.5) is 0 Å². The minimum Gasteiger partial charge on any atom is -0.493 e. The summed E-state index contributed by atoms with van der Waals surface area (Å²) in [5.74, 6) is 1.74. The quantitative estimate of drug-likeness (QED) is 0.864. The molecule has 3 nitrogen and oxygen atoms in total. The SMILES string of the molecule is COc1ccc(Br)c(C2(C(C)N)CC2)c1OC1CCCC1. The molecule has 2 aliphatic carbocycles. The second-order valence-corrected chi connectivity index (χ2v) is 7.28. The lowest BCUT2D eigenvalue weighted by Crippen LogP contribution is -2.32. The lowest BCUT2D eigenvalue weighted by Gasteiger charge is -2.27. The zero-order valence-electron chi connectivity index (χ0n) is 12.8. The summed E-state index contributed by atoms with van der Waals surface area (Å²) in [6.07, 6.45) is 7.36. The summed E-state index contributed by atoms with van der Waals surface area (Å²) in [5, 5.41) is 0. The van der Waals surface area contributed by atoms with Crippen LogP contribution in [0.15, 0.2) is 16.6 Å². The molecule has 2 fully saturated rings. The van der Waals surface area contributed by atoms with Gasteiger partial charge < -0.3 is 15.2 Å². The van der Waals surface area contributed by atoms with Crippen molar-refractivity contribution in [3.63, 3.8) is 0 Å². The smallest absolute Gasteiger partial charge is 0.166 e. The van der Waals surface area contributed by atoms with E-state index in [-0.39, 0.29) is 11.5 Å². The average molecular weight is 354 g/mol. The van der Waals surface area contributed by atoms with Crippen LogP contribution in [0.2, 0.25) is 0 Å². The van der Waals surface area contributed by atoms with Crippen LogP contribution in [0.5, 0.6) is 11.5 Å². The summed E-state index contributed by atoms with van der Waals surface area (Å²) in [5.41, 5.74) is 7.54. The number of ether oxygens (including phenoxy) is 2. The number of benzene rings is 1. The van der Waals surface area contributed by atoms with Crippen LogP contribution < -0.4 is 15.2 Å². The van der Waals surface area contributed by atoms with Crippen LogP contribution in [-0.2, 0) is 5.41 Å². The first-order valence-electron chi connectivity index (χ1n) is 7.87. The molecule has 1 unspecified atom stereocenters. The highest BCUT2D eigenvalue weighted by Crippen LogP contribution is 2.57. The van der Waals surface area contributed by atoms with Gasteiger partial charge >= 0.3 is 0 Å². The Balaban J connectivity index is 2.04. The van der Waals surface area contributed by atoms with E-state index in [1.807, 2.05) is 6.07 Å². The molecule has 21 heavy (non-hydrogen) atoms. The van der Waals surface area contributed by atoms with Crippen molar-refractivity contribution >= 4 is 15.9 Å². The predicted octanol–water partition coefficient (Wildman–Crippen LogP) is 4.16. The molecule has 116 valence electrons. The van der Waals surface area contributed by atoms with E-state index < -0.39 is 0 Å². The molecule has 0 amide bonds. The van der Waals surface area contributed by atoms with E-state index >= 15 is 0 Å². The van der Waals surface area contributed by atoms with Gasteiger partial charge in [-0.25, -0.2) is 0 Å². The van der Waals surface area contributed by atoms with Gasteiger partial charge in [-0.1, -0.05) is 15.9 Å². The molecule has 2 aliphatic rings. The van der Waals surface area contributed by atoms with Crippen LogP contribution in [0, 0.1) is 0 Å². The third-order valence-electron chi connectivity index (χ3n) is 5.04. The van der Waals surface area contributed by atoms with Crippen molar-refractivity contribution in [2.45, 2.75) is 63.0 Å². The molecule has 1 aromatic rings. The molecule has 3 rings (SSSR count). The van der Waals surface area contributed by atoms with E-state index in [2.05, 4.69) is 28.9 Å². The number of hydrogen-bond acceptors (Lipinski definition) is 3. The summed E-state index contributed by atoms with van der Waals surface area (Å²) in [6, 6.07) is 4.15. The molecule has 0 aromatic heterocycles. The molecule has 1 atom stereocenters. The van der Waals surface area contributed by atoms with Crippen molar-refractivity contribution in [3.05, 3.63) is 22.2 Å². The Morgan fingerprint density at radius 2 is 1.95 bits per heavy atom. The zero-order valence-corrected chi connectivity index (χ0v) is 14.4. The minimum atomic E-state index is 0.0430. The molecule has 0 saturated heterocycles.